The van der Waals surface area contributed by atoms with Gasteiger partial charge in [-0.05, 0) is 31.2 Å². The molecule has 4 nitrogen and oxygen atoms in total. The van der Waals surface area contributed by atoms with Gasteiger partial charge in [0.1, 0.15) is 0 Å². The van der Waals surface area contributed by atoms with E-state index in [-0.39, 0.29) is 24.0 Å². The zero-order chi connectivity index (χ0) is 13.7. The van der Waals surface area contributed by atoms with Gasteiger partial charge in [-0.2, -0.15) is 0 Å². The van der Waals surface area contributed by atoms with E-state index in [9.17, 15) is 0 Å². The number of aryl methyl sites for hydroxylation is 2. The minimum atomic E-state index is 0. The highest BCUT2D eigenvalue weighted by molar-refractivity contribution is 14.0. The van der Waals surface area contributed by atoms with Crippen molar-refractivity contribution in [2.75, 3.05) is 7.05 Å². The van der Waals surface area contributed by atoms with Crippen LogP contribution in [0.3, 0.4) is 0 Å². The van der Waals surface area contributed by atoms with E-state index in [0.717, 1.165) is 19.0 Å². The second kappa shape index (κ2) is 8.31. The highest BCUT2D eigenvalue weighted by Gasteiger charge is 2.02. The first-order chi connectivity index (χ1) is 9.19. The first kappa shape index (κ1) is 17.0. The Hall–Kier alpha value is -1.02. The number of halogens is 1. The molecule has 0 bridgehead atoms. The van der Waals surface area contributed by atoms with Gasteiger partial charge in [-0.3, -0.25) is 4.99 Å². The molecule has 0 saturated heterocycles. The van der Waals surface area contributed by atoms with Gasteiger partial charge in [0, 0.05) is 35.7 Å². The molecular formula is C14H21IN4S. The highest BCUT2D eigenvalue weighted by Crippen LogP contribution is 2.14. The molecule has 0 fully saturated rings. The van der Waals surface area contributed by atoms with Crippen molar-refractivity contribution >= 4 is 41.3 Å². The Kier molecular flexibility index (Phi) is 7.08. The predicted octanol–water partition coefficient (Wildman–Crippen LogP) is 2.88. The van der Waals surface area contributed by atoms with Crippen molar-refractivity contribution in [3.8, 4) is 0 Å². The molecule has 0 radical (unpaired) electrons. The van der Waals surface area contributed by atoms with Gasteiger partial charge in [-0.25, -0.2) is 0 Å². The summed E-state index contributed by atoms with van der Waals surface area (Å²) in [5, 5.41) is 6.63. The van der Waals surface area contributed by atoms with Crippen LogP contribution >= 0.6 is 35.3 Å². The van der Waals surface area contributed by atoms with Crippen molar-refractivity contribution in [1.29, 1.82) is 0 Å². The molecule has 0 aliphatic carbocycles. The quantitative estimate of drug-likeness (QED) is 0.468. The summed E-state index contributed by atoms with van der Waals surface area (Å²) >= 11 is 1.81. The fourth-order valence-corrected chi connectivity index (χ4v) is 2.66. The normalized spacial score (nSPS) is 11.1. The first-order valence-electron chi connectivity index (χ1n) is 6.29. The van der Waals surface area contributed by atoms with Crippen LogP contribution in [0.1, 0.15) is 15.4 Å². The molecule has 0 atom stereocenters. The Bertz CT molecular complexity index is 559. The van der Waals surface area contributed by atoms with Crippen LogP contribution in [0, 0.1) is 6.92 Å². The van der Waals surface area contributed by atoms with Gasteiger partial charge >= 0.3 is 0 Å². The summed E-state index contributed by atoms with van der Waals surface area (Å²) in [7, 11) is 3.83. The maximum Gasteiger partial charge on any atom is 0.191 e. The number of nitrogens with one attached hydrogen (secondary N) is 2. The minimum Gasteiger partial charge on any atom is -0.353 e. The number of rotatable bonds is 4. The zero-order valence-corrected chi connectivity index (χ0v) is 15.2. The van der Waals surface area contributed by atoms with E-state index in [4.69, 9.17) is 0 Å². The Morgan fingerprint density at radius 2 is 2.00 bits per heavy atom. The molecule has 0 aromatic carbocycles. The van der Waals surface area contributed by atoms with Crippen LogP contribution in [-0.2, 0) is 20.1 Å². The van der Waals surface area contributed by atoms with Gasteiger partial charge in [-0.1, -0.05) is 0 Å². The molecule has 2 N–H and O–H groups in total. The number of aliphatic imine (C=N–C) groups is 1. The third-order valence-electron chi connectivity index (χ3n) is 2.94. The van der Waals surface area contributed by atoms with Gasteiger partial charge in [0.05, 0.1) is 13.1 Å². The average molecular weight is 404 g/mol. The Morgan fingerprint density at radius 3 is 2.55 bits per heavy atom. The molecule has 0 saturated carbocycles. The molecule has 2 rings (SSSR count). The molecule has 0 aliphatic heterocycles. The fraction of sp³-hybridized carbons (Fsp3) is 0.357. The van der Waals surface area contributed by atoms with Crippen molar-refractivity contribution in [1.82, 2.24) is 15.2 Å². The van der Waals surface area contributed by atoms with Gasteiger partial charge in [-0.15, -0.1) is 35.3 Å². The Labute approximate surface area is 141 Å². The van der Waals surface area contributed by atoms with Gasteiger partial charge in [0.15, 0.2) is 5.96 Å². The van der Waals surface area contributed by atoms with E-state index in [1.54, 1.807) is 7.05 Å². The maximum absolute atomic E-state index is 4.23. The van der Waals surface area contributed by atoms with Crippen molar-refractivity contribution in [2.24, 2.45) is 12.0 Å². The van der Waals surface area contributed by atoms with E-state index in [1.165, 1.54) is 15.4 Å². The Morgan fingerprint density at radius 1 is 1.25 bits per heavy atom. The lowest BCUT2D eigenvalue weighted by Crippen LogP contribution is -2.36. The van der Waals surface area contributed by atoms with E-state index in [0.29, 0.717) is 0 Å². The monoisotopic (exact) mass is 404 g/mol. The largest absolute Gasteiger partial charge is 0.353 e. The summed E-state index contributed by atoms with van der Waals surface area (Å²) in [5.74, 6) is 0.826. The lowest BCUT2D eigenvalue weighted by molar-refractivity contribution is 0.752. The number of nitrogens with zero attached hydrogens (tertiary/aromatic N) is 2. The molecular weight excluding hydrogens is 383 g/mol. The summed E-state index contributed by atoms with van der Waals surface area (Å²) in [6.07, 6.45) is 2.04. The smallest absolute Gasteiger partial charge is 0.191 e. The summed E-state index contributed by atoms with van der Waals surface area (Å²) in [5.41, 5.74) is 1.23. The van der Waals surface area contributed by atoms with Crippen LogP contribution in [0.5, 0.6) is 0 Å². The number of hydrogen-bond acceptors (Lipinski definition) is 2. The fourth-order valence-electron chi connectivity index (χ4n) is 1.83. The topological polar surface area (TPSA) is 41.4 Å². The van der Waals surface area contributed by atoms with Crippen LogP contribution < -0.4 is 10.6 Å². The summed E-state index contributed by atoms with van der Waals surface area (Å²) in [6, 6.07) is 8.43. The number of guanidine groups is 1. The van der Waals surface area contributed by atoms with Crippen molar-refractivity contribution in [2.45, 2.75) is 20.0 Å². The predicted molar refractivity (Wildman–Crippen MR) is 96.9 cm³/mol. The van der Waals surface area contributed by atoms with Crippen molar-refractivity contribution < 1.29 is 0 Å². The maximum atomic E-state index is 4.23. The molecule has 2 heterocycles. The molecule has 6 heteroatoms. The minimum absolute atomic E-state index is 0. The van der Waals surface area contributed by atoms with Crippen LogP contribution in [0.2, 0.25) is 0 Å². The summed E-state index contributed by atoms with van der Waals surface area (Å²) in [4.78, 5) is 6.88. The zero-order valence-electron chi connectivity index (χ0n) is 12.0. The van der Waals surface area contributed by atoms with Crippen LogP contribution in [0.25, 0.3) is 0 Å². The van der Waals surface area contributed by atoms with Crippen molar-refractivity contribution in [3.63, 3.8) is 0 Å². The molecule has 0 unspecified atom stereocenters. The molecule has 20 heavy (non-hydrogen) atoms. The molecule has 110 valence electrons. The molecule has 2 aromatic heterocycles. The second-order valence-corrected chi connectivity index (χ2v) is 5.77. The van der Waals surface area contributed by atoms with E-state index < -0.39 is 0 Å². The third kappa shape index (κ3) is 4.82. The number of thiophene rings is 1. The second-order valence-electron chi connectivity index (χ2n) is 4.40. The van der Waals surface area contributed by atoms with E-state index >= 15 is 0 Å². The molecule has 0 amide bonds. The van der Waals surface area contributed by atoms with Crippen LogP contribution in [-0.4, -0.2) is 17.6 Å². The van der Waals surface area contributed by atoms with Crippen LogP contribution in [0.15, 0.2) is 35.5 Å². The standard InChI is InChI=1S/C14H20N4S.HI/c1-11-6-7-13(19-11)10-17-14(15-2)16-9-12-5-4-8-18(12)3;/h4-8H,9-10H2,1-3H3,(H2,15,16,17);1H. The number of hydrogen-bond donors (Lipinski definition) is 2. The van der Waals surface area contributed by atoms with Crippen molar-refractivity contribution in [3.05, 3.63) is 45.9 Å². The molecule has 2 aromatic rings. The SMILES string of the molecule is CN=C(NCc1ccc(C)s1)NCc1cccn1C.I. The lowest BCUT2D eigenvalue weighted by atomic mass is 10.4. The van der Waals surface area contributed by atoms with Gasteiger partial charge < -0.3 is 15.2 Å². The first-order valence-corrected chi connectivity index (χ1v) is 7.10. The Balaban J connectivity index is 0.00000200. The average Bonchev–Trinajstić information content (AvgIpc) is 2.99. The molecule has 0 aliphatic rings. The molecule has 0 spiro atoms. The van der Waals surface area contributed by atoms with E-state index in [1.807, 2.05) is 30.6 Å². The van der Waals surface area contributed by atoms with Crippen LogP contribution in [0.4, 0.5) is 0 Å². The number of aromatic nitrogens is 1. The summed E-state index contributed by atoms with van der Waals surface area (Å²) < 4.78 is 2.10. The lowest BCUT2D eigenvalue weighted by Gasteiger charge is -2.11. The summed E-state index contributed by atoms with van der Waals surface area (Å²) in [6.45, 7) is 3.70. The third-order valence-corrected chi connectivity index (χ3v) is 3.94. The van der Waals surface area contributed by atoms with Gasteiger partial charge in [0.25, 0.3) is 0 Å². The highest BCUT2D eigenvalue weighted by atomic mass is 127. The van der Waals surface area contributed by atoms with Gasteiger partial charge in [0.2, 0.25) is 0 Å². The van der Waals surface area contributed by atoms with E-state index in [2.05, 4.69) is 45.3 Å².